The molecule has 1 amide bonds. The zero-order valence-corrected chi connectivity index (χ0v) is 14.6. The second kappa shape index (κ2) is 9.25. The number of amides is 1. The number of methoxy groups -OCH3 is 1. The third kappa shape index (κ3) is 4.69. The highest BCUT2D eigenvalue weighted by Gasteiger charge is 2.21. The van der Waals surface area contributed by atoms with E-state index in [-0.39, 0.29) is 11.9 Å². The summed E-state index contributed by atoms with van der Waals surface area (Å²) in [6.07, 6.45) is 1.67. The zero-order valence-electron chi connectivity index (χ0n) is 14.6. The van der Waals surface area contributed by atoms with Crippen molar-refractivity contribution in [3.05, 3.63) is 59.5 Å². The normalized spacial score (nSPS) is 12.3. The number of nitrogens with one attached hydrogen (secondary N) is 1. The first-order valence-corrected chi connectivity index (χ1v) is 8.33. The van der Waals surface area contributed by atoms with Gasteiger partial charge in [0.1, 0.15) is 5.76 Å². The molecule has 0 bridgehead atoms. The fourth-order valence-electron chi connectivity index (χ4n) is 2.82. The molecule has 1 atom stereocenters. The van der Waals surface area contributed by atoms with Gasteiger partial charge >= 0.3 is 0 Å². The number of likely N-dealkylation sites (N-methyl/N-ethyl adjacent to an activating group) is 1. The Labute approximate surface area is 143 Å². The van der Waals surface area contributed by atoms with Crippen molar-refractivity contribution in [3.63, 3.8) is 0 Å². The van der Waals surface area contributed by atoms with Crippen molar-refractivity contribution in [1.29, 1.82) is 0 Å². The maximum absolute atomic E-state index is 12.5. The lowest BCUT2D eigenvalue weighted by Gasteiger charge is -2.28. The van der Waals surface area contributed by atoms with Crippen molar-refractivity contribution in [2.24, 2.45) is 0 Å². The topological polar surface area (TPSA) is 54.7 Å². The molecule has 2 aromatic rings. The summed E-state index contributed by atoms with van der Waals surface area (Å²) in [5, 5.41) is 3.02. The number of carbonyl (C=O) groups excluding carboxylic acids is 1. The number of benzene rings is 1. The van der Waals surface area contributed by atoms with Gasteiger partial charge in [-0.05, 0) is 42.9 Å². The predicted molar refractivity (Wildman–Crippen MR) is 93.9 cm³/mol. The van der Waals surface area contributed by atoms with Gasteiger partial charge in [-0.1, -0.05) is 26.0 Å². The van der Waals surface area contributed by atoms with E-state index in [1.807, 2.05) is 36.4 Å². The molecule has 0 saturated heterocycles. The molecule has 0 aliphatic carbocycles. The van der Waals surface area contributed by atoms with Crippen LogP contribution in [0.5, 0.6) is 0 Å². The standard InChI is InChI=1S/C19H26N2O3/c1-4-21(5-2)17(18-10-7-11-24-18)13-20-19(22)16-9-6-8-15(12-16)14-23-3/h6-12,17H,4-5,13-14H2,1-3H3,(H,20,22)/t17-/m0/s1. The lowest BCUT2D eigenvalue weighted by molar-refractivity contribution is 0.0929. The van der Waals surface area contributed by atoms with Crippen LogP contribution in [0, 0.1) is 0 Å². The van der Waals surface area contributed by atoms with Crippen molar-refractivity contribution in [3.8, 4) is 0 Å². The van der Waals surface area contributed by atoms with E-state index in [4.69, 9.17) is 9.15 Å². The van der Waals surface area contributed by atoms with Gasteiger partial charge in [-0.3, -0.25) is 9.69 Å². The average Bonchev–Trinajstić information content (AvgIpc) is 3.13. The van der Waals surface area contributed by atoms with Crippen molar-refractivity contribution in [2.75, 3.05) is 26.7 Å². The van der Waals surface area contributed by atoms with Gasteiger partial charge in [-0.25, -0.2) is 0 Å². The summed E-state index contributed by atoms with van der Waals surface area (Å²) >= 11 is 0. The summed E-state index contributed by atoms with van der Waals surface area (Å²) in [6.45, 7) is 6.99. The SMILES string of the molecule is CCN(CC)[C@@H](CNC(=O)c1cccc(COC)c1)c1ccco1. The van der Waals surface area contributed by atoms with Gasteiger partial charge in [0.25, 0.3) is 5.91 Å². The van der Waals surface area contributed by atoms with Crippen molar-refractivity contribution in [2.45, 2.75) is 26.5 Å². The summed E-state index contributed by atoms with van der Waals surface area (Å²) in [5.41, 5.74) is 1.62. The first-order valence-electron chi connectivity index (χ1n) is 8.33. The maximum atomic E-state index is 12.5. The van der Waals surface area contributed by atoms with Crippen LogP contribution in [0.25, 0.3) is 0 Å². The van der Waals surface area contributed by atoms with E-state index in [1.165, 1.54) is 0 Å². The van der Waals surface area contributed by atoms with E-state index >= 15 is 0 Å². The summed E-state index contributed by atoms with van der Waals surface area (Å²) in [5.74, 6) is 0.781. The van der Waals surface area contributed by atoms with Crippen molar-refractivity contribution < 1.29 is 13.9 Å². The molecule has 5 nitrogen and oxygen atoms in total. The molecule has 1 aromatic carbocycles. The molecule has 1 N–H and O–H groups in total. The van der Waals surface area contributed by atoms with Gasteiger partial charge in [0.05, 0.1) is 18.9 Å². The Bertz CT molecular complexity index is 621. The van der Waals surface area contributed by atoms with E-state index in [9.17, 15) is 4.79 Å². The molecule has 0 fully saturated rings. The predicted octanol–water partition coefficient (Wildman–Crippen LogP) is 3.24. The highest BCUT2D eigenvalue weighted by Crippen LogP contribution is 2.20. The highest BCUT2D eigenvalue weighted by molar-refractivity contribution is 5.94. The fourth-order valence-corrected chi connectivity index (χ4v) is 2.82. The molecule has 2 rings (SSSR count). The molecule has 0 aliphatic heterocycles. The van der Waals surface area contributed by atoms with Crippen molar-refractivity contribution >= 4 is 5.91 Å². The number of hydrogen-bond acceptors (Lipinski definition) is 4. The summed E-state index contributed by atoms with van der Waals surface area (Å²) in [4.78, 5) is 14.7. The van der Waals surface area contributed by atoms with Crippen molar-refractivity contribution in [1.82, 2.24) is 10.2 Å². The van der Waals surface area contributed by atoms with Crippen LogP contribution in [0.15, 0.2) is 47.1 Å². The monoisotopic (exact) mass is 330 g/mol. The van der Waals surface area contributed by atoms with Gasteiger partial charge in [0.15, 0.2) is 0 Å². The van der Waals surface area contributed by atoms with Crippen LogP contribution in [0.1, 0.15) is 41.6 Å². The molecule has 24 heavy (non-hydrogen) atoms. The summed E-state index contributed by atoms with van der Waals surface area (Å²) in [6, 6.07) is 11.3. The third-order valence-electron chi connectivity index (χ3n) is 4.08. The molecular formula is C19H26N2O3. The van der Waals surface area contributed by atoms with Crippen LogP contribution in [-0.4, -0.2) is 37.6 Å². The number of rotatable bonds is 9. The van der Waals surface area contributed by atoms with Gasteiger partial charge in [-0.2, -0.15) is 0 Å². The number of furan rings is 1. The van der Waals surface area contributed by atoms with E-state index in [0.29, 0.717) is 18.7 Å². The third-order valence-corrected chi connectivity index (χ3v) is 4.08. The van der Waals surface area contributed by atoms with Gasteiger partial charge < -0.3 is 14.5 Å². The van der Waals surface area contributed by atoms with Crippen LogP contribution in [0.3, 0.4) is 0 Å². The number of carbonyl (C=O) groups is 1. The minimum atomic E-state index is -0.0864. The van der Waals surface area contributed by atoms with E-state index in [1.54, 1.807) is 13.4 Å². The van der Waals surface area contributed by atoms with E-state index in [0.717, 1.165) is 24.4 Å². The summed E-state index contributed by atoms with van der Waals surface area (Å²) in [7, 11) is 1.64. The second-order valence-corrected chi connectivity index (χ2v) is 5.60. The van der Waals surface area contributed by atoms with Gasteiger partial charge in [0.2, 0.25) is 0 Å². The van der Waals surface area contributed by atoms with Gasteiger partial charge in [-0.15, -0.1) is 0 Å². The van der Waals surface area contributed by atoms with Crippen LogP contribution < -0.4 is 5.32 Å². The number of hydrogen-bond donors (Lipinski definition) is 1. The van der Waals surface area contributed by atoms with Crippen LogP contribution in [0.2, 0.25) is 0 Å². The lowest BCUT2D eigenvalue weighted by atomic mass is 10.1. The maximum Gasteiger partial charge on any atom is 0.251 e. The number of nitrogens with zero attached hydrogens (tertiary/aromatic N) is 1. The molecule has 0 unspecified atom stereocenters. The molecule has 1 aromatic heterocycles. The molecular weight excluding hydrogens is 304 g/mol. The molecule has 5 heteroatoms. The van der Waals surface area contributed by atoms with Crippen LogP contribution in [-0.2, 0) is 11.3 Å². The van der Waals surface area contributed by atoms with Crippen LogP contribution >= 0.6 is 0 Å². The Balaban J connectivity index is 2.05. The highest BCUT2D eigenvalue weighted by atomic mass is 16.5. The Morgan fingerprint density at radius 2 is 2.04 bits per heavy atom. The Morgan fingerprint density at radius 3 is 2.67 bits per heavy atom. The molecule has 0 saturated carbocycles. The molecule has 1 heterocycles. The summed E-state index contributed by atoms with van der Waals surface area (Å²) < 4.78 is 10.7. The van der Waals surface area contributed by atoms with E-state index in [2.05, 4.69) is 24.1 Å². The Hall–Kier alpha value is -2.11. The van der Waals surface area contributed by atoms with Crippen LogP contribution in [0.4, 0.5) is 0 Å². The number of ether oxygens (including phenoxy) is 1. The van der Waals surface area contributed by atoms with E-state index < -0.39 is 0 Å². The Kier molecular flexibility index (Phi) is 7.03. The first-order chi connectivity index (χ1) is 11.7. The average molecular weight is 330 g/mol. The molecule has 130 valence electrons. The second-order valence-electron chi connectivity index (χ2n) is 5.60. The Morgan fingerprint density at radius 1 is 1.25 bits per heavy atom. The fraction of sp³-hybridized carbons (Fsp3) is 0.421. The molecule has 0 aliphatic rings. The minimum absolute atomic E-state index is 0.0288. The minimum Gasteiger partial charge on any atom is -0.468 e. The molecule has 0 radical (unpaired) electrons. The largest absolute Gasteiger partial charge is 0.468 e. The quantitative estimate of drug-likeness (QED) is 0.767. The zero-order chi connectivity index (χ0) is 17.4. The first kappa shape index (κ1) is 18.2. The lowest BCUT2D eigenvalue weighted by Crippen LogP contribution is -2.37. The molecule has 0 spiro atoms. The smallest absolute Gasteiger partial charge is 0.251 e. The van der Waals surface area contributed by atoms with Gasteiger partial charge in [0, 0.05) is 19.2 Å².